The van der Waals surface area contributed by atoms with Crippen molar-refractivity contribution in [3.05, 3.63) is 68.5 Å². The summed E-state index contributed by atoms with van der Waals surface area (Å²) < 4.78 is 8.72. The second kappa shape index (κ2) is 6.75. The SMILES string of the molecule is C[C@H]1CN(Cc2cc(=O)n(C)c(=O)n2C)C[C@H](c2ccccc2)O1. The zero-order valence-corrected chi connectivity index (χ0v) is 14.3. The first-order valence-electron chi connectivity index (χ1n) is 8.14. The third-order valence-electron chi connectivity index (χ3n) is 4.52. The van der Waals surface area contributed by atoms with Gasteiger partial charge < -0.3 is 4.74 Å². The Kier molecular flexibility index (Phi) is 4.69. The third-order valence-corrected chi connectivity index (χ3v) is 4.52. The van der Waals surface area contributed by atoms with Crippen LogP contribution >= 0.6 is 0 Å². The Morgan fingerprint density at radius 1 is 1.08 bits per heavy atom. The van der Waals surface area contributed by atoms with Crippen LogP contribution in [0, 0.1) is 0 Å². The van der Waals surface area contributed by atoms with Crippen LogP contribution in [-0.4, -0.2) is 33.2 Å². The monoisotopic (exact) mass is 329 g/mol. The Hall–Kier alpha value is -2.18. The van der Waals surface area contributed by atoms with Crippen molar-refractivity contribution in [3.8, 4) is 0 Å². The largest absolute Gasteiger partial charge is 0.368 e. The minimum atomic E-state index is -0.293. The predicted octanol–water partition coefficient (Wildman–Crippen LogP) is 1.05. The highest BCUT2D eigenvalue weighted by Crippen LogP contribution is 2.25. The number of rotatable bonds is 3. The van der Waals surface area contributed by atoms with E-state index in [0.717, 1.165) is 28.9 Å². The first kappa shape index (κ1) is 16.7. The van der Waals surface area contributed by atoms with Gasteiger partial charge in [-0.1, -0.05) is 30.3 Å². The van der Waals surface area contributed by atoms with Crippen molar-refractivity contribution in [2.75, 3.05) is 13.1 Å². The highest BCUT2D eigenvalue weighted by molar-refractivity contribution is 5.18. The smallest absolute Gasteiger partial charge is 0.330 e. The van der Waals surface area contributed by atoms with Gasteiger partial charge in [-0.2, -0.15) is 0 Å². The fourth-order valence-electron chi connectivity index (χ4n) is 3.18. The second-order valence-corrected chi connectivity index (χ2v) is 6.41. The molecule has 1 aromatic heterocycles. The van der Waals surface area contributed by atoms with Gasteiger partial charge >= 0.3 is 5.69 Å². The van der Waals surface area contributed by atoms with Crippen molar-refractivity contribution >= 4 is 0 Å². The number of benzene rings is 1. The van der Waals surface area contributed by atoms with Crippen molar-refractivity contribution in [2.45, 2.75) is 25.7 Å². The van der Waals surface area contributed by atoms with Crippen LogP contribution in [0.5, 0.6) is 0 Å². The van der Waals surface area contributed by atoms with E-state index in [-0.39, 0.29) is 23.5 Å². The molecule has 0 unspecified atom stereocenters. The number of ether oxygens (including phenoxy) is 1. The summed E-state index contributed by atoms with van der Waals surface area (Å²) in [4.78, 5) is 26.2. The topological polar surface area (TPSA) is 56.5 Å². The molecule has 1 aliphatic rings. The molecule has 0 aliphatic carbocycles. The normalized spacial score (nSPS) is 21.8. The summed E-state index contributed by atoms with van der Waals surface area (Å²) in [5.41, 5.74) is 1.31. The fraction of sp³-hybridized carbons (Fsp3) is 0.444. The molecule has 3 rings (SSSR count). The highest BCUT2D eigenvalue weighted by Gasteiger charge is 2.27. The minimum absolute atomic E-state index is 0.00137. The molecular formula is C18H23N3O3. The van der Waals surface area contributed by atoms with E-state index in [4.69, 9.17) is 4.74 Å². The molecule has 0 saturated carbocycles. The molecule has 6 heteroatoms. The van der Waals surface area contributed by atoms with Crippen LogP contribution in [0.2, 0.25) is 0 Å². The Morgan fingerprint density at radius 3 is 2.50 bits per heavy atom. The summed E-state index contributed by atoms with van der Waals surface area (Å²) in [5.74, 6) is 0. The molecule has 128 valence electrons. The van der Waals surface area contributed by atoms with E-state index in [2.05, 4.69) is 17.0 Å². The molecule has 0 radical (unpaired) electrons. The lowest BCUT2D eigenvalue weighted by atomic mass is 10.1. The van der Waals surface area contributed by atoms with Crippen LogP contribution in [-0.2, 0) is 25.4 Å². The Balaban J connectivity index is 1.83. The van der Waals surface area contributed by atoms with Gasteiger partial charge in [-0.25, -0.2) is 4.79 Å². The predicted molar refractivity (Wildman–Crippen MR) is 91.9 cm³/mol. The summed E-state index contributed by atoms with van der Waals surface area (Å²) in [6, 6.07) is 11.7. The quantitative estimate of drug-likeness (QED) is 0.844. The lowest BCUT2D eigenvalue weighted by molar-refractivity contribution is -0.0819. The zero-order chi connectivity index (χ0) is 17.3. The van der Waals surface area contributed by atoms with E-state index in [0.29, 0.717) is 6.54 Å². The van der Waals surface area contributed by atoms with Gasteiger partial charge in [-0.15, -0.1) is 0 Å². The number of morpholine rings is 1. The highest BCUT2D eigenvalue weighted by atomic mass is 16.5. The van der Waals surface area contributed by atoms with Gasteiger partial charge in [0.2, 0.25) is 0 Å². The number of nitrogens with zero attached hydrogens (tertiary/aromatic N) is 3. The average Bonchev–Trinajstić information content (AvgIpc) is 2.58. The van der Waals surface area contributed by atoms with Crippen molar-refractivity contribution in [1.29, 1.82) is 0 Å². The summed E-state index contributed by atoms with van der Waals surface area (Å²) in [6.45, 7) is 4.11. The van der Waals surface area contributed by atoms with Crippen molar-refractivity contribution < 1.29 is 4.74 Å². The van der Waals surface area contributed by atoms with Gasteiger partial charge in [0, 0.05) is 45.5 Å². The van der Waals surface area contributed by atoms with Crippen LogP contribution in [0.25, 0.3) is 0 Å². The van der Waals surface area contributed by atoms with Gasteiger partial charge in [0.05, 0.1) is 12.2 Å². The molecule has 2 atom stereocenters. The van der Waals surface area contributed by atoms with Gasteiger partial charge in [0.15, 0.2) is 0 Å². The lowest BCUT2D eigenvalue weighted by Gasteiger charge is -2.37. The third kappa shape index (κ3) is 3.34. The van der Waals surface area contributed by atoms with Crippen molar-refractivity contribution in [3.63, 3.8) is 0 Å². The Morgan fingerprint density at radius 2 is 1.79 bits per heavy atom. The number of hydrogen-bond donors (Lipinski definition) is 0. The lowest BCUT2D eigenvalue weighted by Crippen LogP contribution is -2.44. The molecule has 2 aromatic rings. The van der Waals surface area contributed by atoms with Crippen molar-refractivity contribution in [2.24, 2.45) is 14.1 Å². The maximum atomic E-state index is 12.1. The number of aromatic nitrogens is 2. The van der Waals surface area contributed by atoms with E-state index in [1.807, 2.05) is 25.1 Å². The maximum Gasteiger partial charge on any atom is 0.330 e. The summed E-state index contributed by atoms with van der Waals surface area (Å²) in [7, 11) is 3.20. The van der Waals surface area contributed by atoms with Gasteiger partial charge in [-0.05, 0) is 12.5 Å². The molecule has 1 aliphatic heterocycles. The van der Waals surface area contributed by atoms with Crippen LogP contribution in [0.1, 0.15) is 24.3 Å². The van der Waals surface area contributed by atoms with Gasteiger partial charge in [-0.3, -0.25) is 18.8 Å². The Labute approximate surface area is 140 Å². The molecule has 1 saturated heterocycles. The van der Waals surface area contributed by atoms with Crippen LogP contribution < -0.4 is 11.2 Å². The van der Waals surface area contributed by atoms with Crippen LogP contribution in [0.15, 0.2) is 46.0 Å². The molecular weight excluding hydrogens is 306 g/mol. The summed E-state index contributed by atoms with van der Waals surface area (Å²) in [6.07, 6.45) is 0.0889. The van der Waals surface area contributed by atoms with Gasteiger partial charge in [0.25, 0.3) is 5.56 Å². The van der Waals surface area contributed by atoms with Gasteiger partial charge in [0.1, 0.15) is 0 Å². The van der Waals surface area contributed by atoms with Crippen molar-refractivity contribution in [1.82, 2.24) is 14.0 Å². The fourth-order valence-corrected chi connectivity index (χ4v) is 3.18. The Bertz CT molecular complexity index is 826. The number of hydrogen-bond acceptors (Lipinski definition) is 4. The molecule has 0 bridgehead atoms. The van der Waals surface area contributed by atoms with E-state index in [1.165, 1.54) is 7.05 Å². The molecule has 2 heterocycles. The standard InChI is InChI=1S/C18H23N3O3/c1-13-10-21(12-16(24-13)14-7-5-4-6-8-14)11-15-9-17(22)20(3)18(23)19(15)2/h4-9,13,16H,10-12H2,1-3H3/t13-,16+/m0/s1. The minimum Gasteiger partial charge on any atom is -0.368 e. The summed E-state index contributed by atoms with van der Waals surface area (Å²) in [5, 5.41) is 0. The van der Waals surface area contributed by atoms with E-state index in [9.17, 15) is 9.59 Å². The van der Waals surface area contributed by atoms with Crippen LogP contribution in [0.3, 0.4) is 0 Å². The van der Waals surface area contributed by atoms with E-state index >= 15 is 0 Å². The average molecular weight is 329 g/mol. The molecule has 0 amide bonds. The molecule has 1 aromatic carbocycles. The summed E-state index contributed by atoms with van der Waals surface area (Å²) >= 11 is 0. The van der Waals surface area contributed by atoms with E-state index in [1.54, 1.807) is 17.7 Å². The first-order valence-corrected chi connectivity index (χ1v) is 8.14. The molecule has 24 heavy (non-hydrogen) atoms. The maximum absolute atomic E-state index is 12.1. The zero-order valence-electron chi connectivity index (χ0n) is 14.3. The molecule has 1 fully saturated rings. The molecule has 0 spiro atoms. The second-order valence-electron chi connectivity index (χ2n) is 6.41. The van der Waals surface area contributed by atoms with E-state index < -0.39 is 0 Å². The molecule has 6 nitrogen and oxygen atoms in total. The first-order chi connectivity index (χ1) is 11.5. The molecule has 0 N–H and O–H groups in total. The van der Waals surface area contributed by atoms with Crippen LogP contribution in [0.4, 0.5) is 0 Å².